The Morgan fingerprint density at radius 3 is 2.93 bits per heavy atom. The number of halogens is 1. The van der Waals surface area contributed by atoms with E-state index in [9.17, 15) is 9.18 Å². The van der Waals surface area contributed by atoms with Gasteiger partial charge in [0.15, 0.2) is 0 Å². The summed E-state index contributed by atoms with van der Waals surface area (Å²) in [6, 6.07) is 4.28. The molecular formula is C11H15FN2O. The number of nitrogens with one attached hydrogen (secondary N) is 1. The Morgan fingerprint density at radius 2 is 2.33 bits per heavy atom. The van der Waals surface area contributed by atoms with E-state index in [1.165, 1.54) is 18.2 Å². The van der Waals surface area contributed by atoms with Crippen LogP contribution in [-0.4, -0.2) is 16.9 Å². The molecule has 0 radical (unpaired) electrons. The number of rotatable bonds is 4. The van der Waals surface area contributed by atoms with Crippen LogP contribution < -0.4 is 5.32 Å². The summed E-state index contributed by atoms with van der Waals surface area (Å²) >= 11 is 0. The second-order valence-electron chi connectivity index (χ2n) is 3.51. The van der Waals surface area contributed by atoms with E-state index in [-0.39, 0.29) is 17.6 Å². The highest BCUT2D eigenvalue weighted by molar-refractivity contribution is 5.92. The minimum absolute atomic E-state index is 0.0903. The molecule has 3 nitrogen and oxygen atoms in total. The van der Waals surface area contributed by atoms with Crippen LogP contribution in [0.25, 0.3) is 0 Å². The summed E-state index contributed by atoms with van der Waals surface area (Å²) < 4.78 is 12.7. The van der Waals surface area contributed by atoms with Crippen molar-refractivity contribution in [3.05, 3.63) is 29.8 Å². The Kier molecular flexibility index (Phi) is 4.21. The first-order valence-corrected chi connectivity index (χ1v) is 5.07. The lowest BCUT2D eigenvalue weighted by Crippen LogP contribution is -2.33. The van der Waals surface area contributed by atoms with Crippen molar-refractivity contribution in [1.29, 1.82) is 0 Å². The molecule has 4 heteroatoms. The highest BCUT2D eigenvalue weighted by atomic mass is 19.1. The summed E-state index contributed by atoms with van der Waals surface area (Å²) in [4.78, 5) is 15.0. The molecule has 1 atom stereocenters. The zero-order chi connectivity index (χ0) is 11.3. The van der Waals surface area contributed by atoms with Gasteiger partial charge in [-0.3, -0.25) is 4.79 Å². The number of amides is 1. The van der Waals surface area contributed by atoms with Gasteiger partial charge in [0, 0.05) is 6.04 Å². The first-order chi connectivity index (χ1) is 7.13. The standard InChI is InChI=1S/C11H15FN2O/c1-3-5-8(2)13-11(15)9-6-4-7-10(12)14-9/h4,6-8H,3,5H2,1-2H3,(H,13,15). The molecule has 0 aliphatic rings. The van der Waals surface area contributed by atoms with E-state index in [1.807, 2.05) is 13.8 Å². The molecule has 1 heterocycles. The van der Waals surface area contributed by atoms with Gasteiger partial charge in [-0.1, -0.05) is 19.4 Å². The Morgan fingerprint density at radius 1 is 1.60 bits per heavy atom. The minimum Gasteiger partial charge on any atom is -0.348 e. The molecule has 1 N–H and O–H groups in total. The predicted molar refractivity (Wildman–Crippen MR) is 56.0 cm³/mol. The number of aromatic nitrogens is 1. The summed E-state index contributed by atoms with van der Waals surface area (Å²) in [6.45, 7) is 3.96. The van der Waals surface area contributed by atoms with Crippen LogP contribution in [0.1, 0.15) is 37.2 Å². The largest absolute Gasteiger partial charge is 0.348 e. The first kappa shape index (κ1) is 11.6. The number of carbonyl (C=O) groups excluding carboxylic acids is 1. The molecular weight excluding hydrogens is 195 g/mol. The van der Waals surface area contributed by atoms with Crippen LogP contribution in [-0.2, 0) is 0 Å². The van der Waals surface area contributed by atoms with Gasteiger partial charge in [0.2, 0.25) is 5.95 Å². The monoisotopic (exact) mass is 210 g/mol. The summed E-state index contributed by atoms with van der Waals surface area (Å²) in [5.41, 5.74) is 0.123. The molecule has 0 aliphatic carbocycles. The van der Waals surface area contributed by atoms with Gasteiger partial charge in [0.05, 0.1) is 0 Å². The third-order valence-electron chi connectivity index (χ3n) is 2.05. The van der Waals surface area contributed by atoms with Gasteiger partial charge >= 0.3 is 0 Å². The van der Waals surface area contributed by atoms with Crippen LogP contribution in [0.2, 0.25) is 0 Å². The molecule has 0 aromatic carbocycles. The van der Waals surface area contributed by atoms with E-state index < -0.39 is 5.95 Å². The van der Waals surface area contributed by atoms with Crippen LogP contribution in [0.3, 0.4) is 0 Å². The average Bonchev–Trinajstić information content (AvgIpc) is 2.18. The second kappa shape index (κ2) is 5.44. The van der Waals surface area contributed by atoms with Crippen LogP contribution in [0.15, 0.2) is 18.2 Å². The van der Waals surface area contributed by atoms with E-state index in [0.29, 0.717) is 0 Å². The maximum Gasteiger partial charge on any atom is 0.270 e. The van der Waals surface area contributed by atoms with Crippen molar-refractivity contribution in [3.8, 4) is 0 Å². The molecule has 1 aromatic heterocycles. The smallest absolute Gasteiger partial charge is 0.270 e. The molecule has 1 unspecified atom stereocenters. The first-order valence-electron chi connectivity index (χ1n) is 5.07. The van der Waals surface area contributed by atoms with Crippen molar-refractivity contribution in [3.63, 3.8) is 0 Å². The summed E-state index contributed by atoms with van der Waals surface area (Å²) in [5, 5.41) is 2.76. The normalized spacial score (nSPS) is 12.2. The van der Waals surface area contributed by atoms with Crippen molar-refractivity contribution in [2.45, 2.75) is 32.7 Å². The Bertz CT molecular complexity index is 341. The zero-order valence-electron chi connectivity index (χ0n) is 8.96. The molecule has 82 valence electrons. The van der Waals surface area contributed by atoms with Gasteiger partial charge in [0.25, 0.3) is 5.91 Å². The number of hydrogen-bond donors (Lipinski definition) is 1. The topological polar surface area (TPSA) is 42.0 Å². The fourth-order valence-corrected chi connectivity index (χ4v) is 1.34. The van der Waals surface area contributed by atoms with Gasteiger partial charge in [0.1, 0.15) is 5.69 Å². The van der Waals surface area contributed by atoms with Gasteiger partial charge in [-0.2, -0.15) is 4.39 Å². The van der Waals surface area contributed by atoms with E-state index >= 15 is 0 Å². The fourth-order valence-electron chi connectivity index (χ4n) is 1.34. The Hall–Kier alpha value is -1.45. The summed E-state index contributed by atoms with van der Waals surface area (Å²) in [7, 11) is 0. The number of hydrogen-bond acceptors (Lipinski definition) is 2. The molecule has 1 rings (SSSR count). The molecule has 1 amide bonds. The molecule has 1 aromatic rings. The van der Waals surface area contributed by atoms with Crippen molar-refractivity contribution < 1.29 is 9.18 Å². The lowest BCUT2D eigenvalue weighted by Gasteiger charge is -2.11. The second-order valence-corrected chi connectivity index (χ2v) is 3.51. The van der Waals surface area contributed by atoms with E-state index in [2.05, 4.69) is 10.3 Å². The van der Waals surface area contributed by atoms with E-state index in [0.717, 1.165) is 12.8 Å². The van der Waals surface area contributed by atoms with Crippen molar-refractivity contribution in [2.24, 2.45) is 0 Å². The Balaban J connectivity index is 2.61. The summed E-state index contributed by atoms with van der Waals surface area (Å²) in [5.74, 6) is -0.957. The van der Waals surface area contributed by atoms with Crippen molar-refractivity contribution in [2.75, 3.05) is 0 Å². The van der Waals surface area contributed by atoms with Crippen molar-refractivity contribution >= 4 is 5.91 Å². The van der Waals surface area contributed by atoms with Crippen LogP contribution >= 0.6 is 0 Å². The van der Waals surface area contributed by atoms with Gasteiger partial charge in [-0.25, -0.2) is 4.98 Å². The quantitative estimate of drug-likeness (QED) is 0.773. The molecule has 0 saturated heterocycles. The summed E-state index contributed by atoms with van der Waals surface area (Å²) in [6.07, 6.45) is 1.90. The van der Waals surface area contributed by atoms with Crippen molar-refractivity contribution in [1.82, 2.24) is 10.3 Å². The average molecular weight is 210 g/mol. The number of carbonyl (C=O) groups is 1. The van der Waals surface area contributed by atoms with E-state index in [4.69, 9.17) is 0 Å². The predicted octanol–water partition coefficient (Wildman–Crippen LogP) is 2.14. The molecule has 0 spiro atoms. The zero-order valence-corrected chi connectivity index (χ0v) is 8.96. The molecule has 15 heavy (non-hydrogen) atoms. The highest BCUT2D eigenvalue weighted by Gasteiger charge is 2.10. The van der Waals surface area contributed by atoms with Gasteiger partial charge in [-0.05, 0) is 25.5 Å². The SMILES string of the molecule is CCCC(C)NC(=O)c1cccc(F)n1. The molecule has 0 bridgehead atoms. The number of nitrogens with zero attached hydrogens (tertiary/aromatic N) is 1. The molecule has 0 fully saturated rings. The third-order valence-corrected chi connectivity index (χ3v) is 2.05. The fraction of sp³-hybridized carbons (Fsp3) is 0.455. The van der Waals surface area contributed by atoms with E-state index in [1.54, 1.807) is 0 Å². The molecule has 0 saturated carbocycles. The van der Waals surface area contributed by atoms with Crippen LogP contribution in [0.4, 0.5) is 4.39 Å². The Labute approximate surface area is 88.7 Å². The van der Waals surface area contributed by atoms with Crippen LogP contribution in [0, 0.1) is 5.95 Å². The van der Waals surface area contributed by atoms with Gasteiger partial charge < -0.3 is 5.32 Å². The lowest BCUT2D eigenvalue weighted by molar-refractivity contribution is 0.0932. The maximum absolute atomic E-state index is 12.7. The minimum atomic E-state index is -0.634. The van der Waals surface area contributed by atoms with Crippen LogP contribution in [0.5, 0.6) is 0 Å². The maximum atomic E-state index is 12.7. The highest BCUT2D eigenvalue weighted by Crippen LogP contribution is 2.00. The van der Waals surface area contributed by atoms with Gasteiger partial charge in [-0.15, -0.1) is 0 Å². The number of pyridine rings is 1. The third kappa shape index (κ3) is 3.65. The lowest BCUT2D eigenvalue weighted by atomic mass is 10.2. The molecule has 0 aliphatic heterocycles.